The molecular weight excluding hydrogens is 310 g/mol. The van der Waals surface area contributed by atoms with Crippen LogP contribution in [0.15, 0.2) is 42.7 Å². The van der Waals surface area contributed by atoms with E-state index in [0.29, 0.717) is 16.6 Å². The Labute approximate surface area is 133 Å². The average Bonchev–Trinajstić information content (AvgIpc) is 2.94. The second-order valence-corrected chi connectivity index (χ2v) is 5.83. The number of aromatic amines is 1. The van der Waals surface area contributed by atoms with Crippen LogP contribution in [0.1, 0.15) is 5.69 Å². The third-order valence-electron chi connectivity index (χ3n) is 3.78. The molecule has 0 aliphatic rings. The van der Waals surface area contributed by atoms with Gasteiger partial charge in [-0.15, -0.1) is 9.24 Å². The van der Waals surface area contributed by atoms with Gasteiger partial charge >= 0.3 is 0 Å². The molecule has 0 spiro atoms. The van der Waals surface area contributed by atoms with E-state index >= 15 is 0 Å². The number of nitrogens with one attached hydrogen (secondary N) is 1. The van der Waals surface area contributed by atoms with Crippen molar-refractivity contribution >= 4 is 36.5 Å². The SMILES string of the molecule is N#Cc1cc2c(cn1)[nH]c1ncc(-c3ccc(P)c(F)c3)cc12. The van der Waals surface area contributed by atoms with Gasteiger partial charge in [-0.25, -0.2) is 14.4 Å². The highest BCUT2D eigenvalue weighted by Crippen LogP contribution is 2.28. The van der Waals surface area contributed by atoms with Crippen molar-refractivity contribution in [3.8, 4) is 17.2 Å². The fourth-order valence-electron chi connectivity index (χ4n) is 2.60. The van der Waals surface area contributed by atoms with Gasteiger partial charge in [0.15, 0.2) is 0 Å². The summed E-state index contributed by atoms with van der Waals surface area (Å²) < 4.78 is 13.8. The number of nitriles is 1. The first-order chi connectivity index (χ1) is 11.2. The number of hydrogen-bond acceptors (Lipinski definition) is 3. The van der Waals surface area contributed by atoms with Crippen LogP contribution in [0.2, 0.25) is 0 Å². The molecule has 23 heavy (non-hydrogen) atoms. The van der Waals surface area contributed by atoms with Crippen LogP contribution in [-0.4, -0.2) is 15.0 Å². The average molecular weight is 320 g/mol. The molecule has 110 valence electrons. The number of hydrogen-bond donors (Lipinski definition) is 1. The third-order valence-corrected chi connectivity index (χ3v) is 4.25. The van der Waals surface area contributed by atoms with Crippen LogP contribution in [0.4, 0.5) is 4.39 Å². The van der Waals surface area contributed by atoms with Crippen LogP contribution in [0.3, 0.4) is 0 Å². The Morgan fingerprint density at radius 1 is 1.04 bits per heavy atom. The van der Waals surface area contributed by atoms with Crippen molar-refractivity contribution < 1.29 is 4.39 Å². The molecule has 0 aliphatic carbocycles. The maximum atomic E-state index is 13.8. The molecule has 0 bridgehead atoms. The molecule has 1 unspecified atom stereocenters. The minimum Gasteiger partial charge on any atom is -0.338 e. The number of fused-ring (bicyclic) bond motifs is 3. The Morgan fingerprint density at radius 2 is 1.91 bits per heavy atom. The monoisotopic (exact) mass is 320 g/mol. The van der Waals surface area contributed by atoms with E-state index in [0.717, 1.165) is 27.4 Å². The van der Waals surface area contributed by atoms with Gasteiger partial charge in [0.05, 0.1) is 11.7 Å². The number of benzene rings is 1. The van der Waals surface area contributed by atoms with Crippen LogP contribution in [0.25, 0.3) is 33.1 Å². The van der Waals surface area contributed by atoms with Gasteiger partial charge in [0, 0.05) is 27.8 Å². The first-order valence-corrected chi connectivity index (χ1v) is 7.46. The molecule has 0 radical (unpaired) electrons. The highest BCUT2D eigenvalue weighted by atomic mass is 31.0. The van der Waals surface area contributed by atoms with E-state index in [9.17, 15) is 4.39 Å². The quantitative estimate of drug-likeness (QED) is 0.547. The van der Waals surface area contributed by atoms with Gasteiger partial charge in [-0.2, -0.15) is 5.26 Å². The lowest BCUT2D eigenvalue weighted by atomic mass is 10.1. The topological polar surface area (TPSA) is 65.4 Å². The Morgan fingerprint density at radius 3 is 2.70 bits per heavy atom. The third kappa shape index (κ3) is 2.25. The van der Waals surface area contributed by atoms with Gasteiger partial charge in [0.25, 0.3) is 0 Å². The summed E-state index contributed by atoms with van der Waals surface area (Å²) in [7, 11) is 2.36. The molecule has 0 saturated heterocycles. The van der Waals surface area contributed by atoms with Crippen LogP contribution >= 0.6 is 9.24 Å². The molecule has 0 amide bonds. The van der Waals surface area contributed by atoms with Gasteiger partial charge in [-0.1, -0.05) is 12.1 Å². The highest BCUT2D eigenvalue weighted by Gasteiger charge is 2.10. The number of pyridine rings is 2. The van der Waals surface area contributed by atoms with Gasteiger partial charge in [0.2, 0.25) is 0 Å². The van der Waals surface area contributed by atoms with Crippen LogP contribution in [0, 0.1) is 17.1 Å². The van der Waals surface area contributed by atoms with E-state index in [1.165, 1.54) is 6.07 Å². The molecule has 0 aliphatic heterocycles. The normalized spacial score (nSPS) is 11.0. The minimum absolute atomic E-state index is 0.275. The molecule has 4 rings (SSSR count). The Kier molecular flexibility index (Phi) is 3.07. The molecule has 1 atom stereocenters. The second kappa shape index (κ2) is 5.12. The summed E-state index contributed by atoms with van der Waals surface area (Å²) in [4.78, 5) is 11.6. The van der Waals surface area contributed by atoms with E-state index in [1.54, 1.807) is 24.5 Å². The van der Waals surface area contributed by atoms with Gasteiger partial charge in [-0.05, 0) is 23.8 Å². The van der Waals surface area contributed by atoms with E-state index in [4.69, 9.17) is 5.26 Å². The Balaban J connectivity index is 1.97. The van der Waals surface area contributed by atoms with Crippen molar-refractivity contribution in [3.05, 3.63) is 54.2 Å². The minimum atomic E-state index is -0.275. The highest BCUT2D eigenvalue weighted by molar-refractivity contribution is 7.27. The zero-order valence-corrected chi connectivity index (χ0v) is 13.0. The maximum absolute atomic E-state index is 13.8. The van der Waals surface area contributed by atoms with Crippen LogP contribution in [0.5, 0.6) is 0 Å². The summed E-state index contributed by atoms with van der Waals surface area (Å²) in [6.07, 6.45) is 3.33. The molecule has 4 aromatic rings. The molecule has 0 fully saturated rings. The van der Waals surface area contributed by atoms with E-state index in [2.05, 4.69) is 24.2 Å². The predicted molar refractivity (Wildman–Crippen MR) is 90.8 cm³/mol. The molecule has 3 aromatic heterocycles. The first kappa shape index (κ1) is 13.8. The molecule has 3 heterocycles. The molecule has 4 nitrogen and oxygen atoms in total. The standard InChI is InChI=1S/C17H10FN4P/c18-14-4-9(1-2-16(14)23)10-3-13-12-5-11(6-19)20-8-15(12)22-17(13)21-7-10/h1-5,7-8H,23H2,(H,21,22). The molecule has 6 heteroatoms. The number of halogens is 1. The van der Waals surface area contributed by atoms with Gasteiger partial charge < -0.3 is 4.98 Å². The van der Waals surface area contributed by atoms with E-state index < -0.39 is 0 Å². The summed E-state index contributed by atoms with van der Waals surface area (Å²) in [6.45, 7) is 0. The second-order valence-electron chi connectivity index (χ2n) is 5.21. The van der Waals surface area contributed by atoms with Crippen molar-refractivity contribution in [2.75, 3.05) is 0 Å². The first-order valence-electron chi connectivity index (χ1n) is 6.88. The largest absolute Gasteiger partial charge is 0.338 e. The summed E-state index contributed by atoms with van der Waals surface area (Å²) in [6, 6.07) is 10.8. The van der Waals surface area contributed by atoms with E-state index in [1.807, 2.05) is 18.2 Å². The lowest BCUT2D eigenvalue weighted by Gasteiger charge is -2.03. The number of rotatable bonds is 1. The number of aromatic nitrogens is 3. The predicted octanol–water partition coefficient (Wildman–Crippen LogP) is 3.29. The van der Waals surface area contributed by atoms with Gasteiger partial charge in [-0.3, -0.25) is 0 Å². The molecule has 1 aromatic carbocycles. The number of H-pyrrole nitrogens is 1. The number of nitrogens with zero attached hydrogens (tertiary/aromatic N) is 3. The molecule has 0 saturated carbocycles. The maximum Gasteiger partial charge on any atom is 0.141 e. The fraction of sp³-hybridized carbons (Fsp3) is 0. The lowest BCUT2D eigenvalue weighted by Crippen LogP contribution is -1.97. The smallest absolute Gasteiger partial charge is 0.141 e. The van der Waals surface area contributed by atoms with Crippen LogP contribution < -0.4 is 5.30 Å². The summed E-state index contributed by atoms with van der Waals surface area (Å²) in [5.41, 5.74) is 3.45. The van der Waals surface area contributed by atoms with Crippen molar-refractivity contribution in [3.63, 3.8) is 0 Å². The van der Waals surface area contributed by atoms with Crippen molar-refractivity contribution in [1.29, 1.82) is 5.26 Å². The fourth-order valence-corrected chi connectivity index (χ4v) is 2.78. The van der Waals surface area contributed by atoms with Crippen LogP contribution in [-0.2, 0) is 0 Å². The molecular formula is C17H10FN4P. The zero-order valence-electron chi connectivity index (χ0n) is 11.8. The molecule has 1 N–H and O–H groups in total. The van der Waals surface area contributed by atoms with Gasteiger partial charge in [0.1, 0.15) is 23.2 Å². The van der Waals surface area contributed by atoms with Crippen molar-refractivity contribution in [1.82, 2.24) is 15.0 Å². The Hall–Kier alpha value is -2.83. The van der Waals surface area contributed by atoms with E-state index in [-0.39, 0.29) is 5.82 Å². The summed E-state index contributed by atoms with van der Waals surface area (Å²) >= 11 is 0. The lowest BCUT2D eigenvalue weighted by molar-refractivity contribution is 0.637. The van der Waals surface area contributed by atoms with Crippen molar-refractivity contribution in [2.24, 2.45) is 0 Å². The summed E-state index contributed by atoms with van der Waals surface area (Å²) in [5, 5.41) is 11.3. The zero-order chi connectivity index (χ0) is 16.0. The summed E-state index contributed by atoms with van der Waals surface area (Å²) in [5.74, 6) is -0.275. The Bertz CT molecular complexity index is 1110. The van der Waals surface area contributed by atoms with Crippen molar-refractivity contribution in [2.45, 2.75) is 0 Å².